The summed E-state index contributed by atoms with van der Waals surface area (Å²) in [4.78, 5) is 23.4. The number of carbonyl (C=O) groups excluding carboxylic acids is 2. The highest BCUT2D eigenvalue weighted by atomic mass is 16.6. The number of carbonyl (C=O) groups is 2. The molecule has 1 heterocycles. The monoisotopic (exact) mass is 338 g/mol. The third kappa shape index (κ3) is 9.17. The van der Waals surface area contributed by atoms with Gasteiger partial charge in [0.15, 0.2) is 0 Å². The molecule has 0 aliphatic rings. The number of alkyl carbamates (subject to hydrolysis) is 1. The maximum atomic E-state index is 11.9. The van der Waals surface area contributed by atoms with E-state index >= 15 is 0 Å². The lowest BCUT2D eigenvalue weighted by molar-refractivity contribution is -0.121. The number of nitrogens with one attached hydrogen (secondary N) is 2. The number of nitrogens with zero attached hydrogens (tertiary/aromatic N) is 2. The summed E-state index contributed by atoms with van der Waals surface area (Å²) in [5, 5.41) is 9.77. The Balaban J connectivity index is 2.11. The van der Waals surface area contributed by atoms with E-state index in [1.54, 1.807) is 10.9 Å². The van der Waals surface area contributed by atoms with E-state index in [4.69, 9.17) is 4.74 Å². The average molecular weight is 338 g/mol. The van der Waals surface area contributed by atoms with Crippen molar-refractivity contribution in [2.45, 2.75) is 65.0 Å². The molecule has 0 saturated carbocycles. The molecule has 1 aromatic heterocycles. The Labute approximate surface area is 144 Å². The van der Waals surface area contributed by atoms with Crippen LogP contribution in [0.15, 0.2) is 12.4 Å². The van der Waals surface area contributed by atoms with Gasteiger partial charge in [0.25, 0.3) is 0 Å². The Kier molecular flexibility index (Phi) is 7.74. The van der Waals surface area contributed by atoms with Crippen molar-refractivity contribution in [1.29, 1.82) is 0 Å². The van der Waals surface area contributed by atoms with Gasteiger partial charge in [-0.05, 0) is 52.5 Å². The first-order valence-corrected chi connectivity index (χ1v) is 8.39. The van der Waals surface area contributed by atoms with Crippen LogP contribution in [0.5, 0.6) is 0 Å². The number of amides is 2. The molecule has 2 amide bonds. The number of hydrogen-bond acceptors (Lipinski definition) is 4. The fourth-order valence-corrected chi connectivity index (χ4v) is 2.19. The summed E-state index contributed by atoms with van der Waals surface area (Å²) >= 11 is 0. The summed E-state index contributed by atoms with van der Waals surface area (Å²) in [7, 11) is 1.86. The van der Waals surface area contributed by atoms with E-state index in [1.807, 2.05) is 40.9 Å². The van der Waals surface area contributed by atoms with Gasteiger partial charge in [-0.3, -0.25) is 9.48 Å². The Morgan fingerprint density at radius 2 is 2.08 bits per heavy atom. The molecule has 0 radical (unpaired) electrons. The molecule has 7 nitrogen and oxygen atoms in total. The SMILES string of the molecule is C[C@@H](CCCNC(=O)OC(C)(C)C)NC(=O)CCc1cnn(C)c1. The van der Waals surface area contributed by atoms with Crippen LogP contribution < -0.4 is 10.6 Å². The van der Waals surface area contributed by atoms with E-state index in [0.29, 0.717) is 19.4 Å². The van der Waals surface area contributed by atoms with Crippen LogP contribution in [0.4, 0.5) is 4.79 Å². The number of rotatable bonds is 8. The van der Waals surface area contributed by atoms with Gasteiger partial charge in [0.2, 0.25) is 5.91 Å². The van der Waals surface area contributed by atoms with Gasteiger partial charge in [0, 0.05) is 32.3 Å². The minimum absolute atomic E-state index is 0.0338. The maximum Gasteiger partial charge on any atom is 0.407 e. The third-order valence-corrected chi connectivity index (χ3v) is 3.29. The van der Waals surface area contributed by atoms with E-state index < -0.39 is 11.7 Å². The summed E-state index contributed by atoms with van der Waals surface area (Å²) in [6.07, 6.45) is 6.00. The highest BCUT2D eigenvalue weighted by molar-refractivity contribution is 5.76. The summed E-state index contributed by atoms with van der Waals surface area (Å²) in [6, 6.07) is 0.0758. The first-order chi connectivity index (χ1) is 11.2. The predicted molar refractivity (Wildman–Crippen MR) is 92.6 cm³/mol. The second-order valence-electron chi connectivity index (χ2n) is 7.06. The lowest BCUT2D eigenvalue weighted by Gasteiger charge is -2.20. The van der Waals surface area contributed by atoms with E-state index in [-0.39, 0.29) is 11.9 Å². The lowest BCUT2D eigenvalue weighted by Crippen LogP contribution is -2.35. The van der Waals surface area contributed by atoms with Gasteiger partial charge >= 0.3 is 6.09 Å². The molecule has 0 aliphatic heterocycles. The van der Waals surface area contributed by atoms with Crippen LogP contribution in [-0.4, -0.2) is 40.0 Å². The topological polar surface area (TPSA) is 85.2 Å². The van der Waals surface area contributed by atoms with Crippen LogP contribution in [0.25, 0.3) is 0 Å². The minimum Gasteiger partial charge on any atom is -0.444 e. The molecular formula is C17H30N4O3. The number of aromatic nitrogens is 2. The van der Waals surface area contributed by atoms with Crippen LogP contribution in [0.3, 0.4) is 0 Å². The molecule has 1 aromatic rings. The average Bonchev–Trinajstić information content (AvgIpc) is 2.85. The quantitative estimate of drug-likeness (QED) is 0.711. The smallest absolute Gasteiger partial charge is 0.407 e. The minimum atomic E-state index is -0.486. The van der Waals surface area contributed by atoms with Gasteiger partial charge in [0.1, 0.15) is 5.60 Å². The molecule has 0 aromatic carbocycles. The van der Waals surface area contributed by atoms with Crippen molar-refractivity contribution in [3.8, 4) is 0 Å². The number of hydrogen-bond donors (Lipinski definition) is 2. The molecule has 0 aliphatic carbocycles. The van der Waals surface area contributed by atoms with Crippen LogP contribution in [0, 0.1) is 0 Å². The molecule has 136 valence electrons. The first-order valence-electron chi connectivity index (χ1n) is 8.39. The summed E-state index contributed by atoms with van der Waals surface area (Å²) in [5.41, 5.74) is 0.571. The van der Waals surface area contributed by atoms with E-state index in [2.05, 4.69) is 15.7 Å². The zero-order valence-electron chi connectivity index (χ0n) is 15.4. The third-order valence-electron chi connectivity index (χ3n) is 3.29. The molecular weight excluding hydrogens is 308 g/mol. The number of aryl methyl sites for hydroxylation is 2. The summed E-state index contributed by atoms with van der Waals surface area (Å²) in [6.45, 7) is 7.99. The summed E-state index contributed by atoms with van der Waals surface area (Å²) < 4.78 is 6.89. The Bertz CT molecular complexity index is 534. The Morgan fingerprint density at radius 3 is 2.67 bits per heavy atom. The van der Waals surface area contributed by atoms with Crippen molar-refractivity contribution in [3.05, 3.63) is 18.0 Å². The van der Waals surface area contributed by atoms with Gasteiger partial charge < -0.3 is 15.4 Å². The maximum absolute atomic E-state index is 11.9. The number of ether oxygens (including phenoxy) is 1. The molecule has 0 spiro atoms. The van der Waals surface area contributed by atoms with Crippen molar-refractivity contribution < 1.29 is 14.3 Å². The van der Waals surface area contributed by atoms with Crippen molar-refractivity contribution in [2.24, 2.45) is 7.05 Å². The standard InChI is InChI=1S/C17H30N4O3/c1-13(7-6-10-18-16(23)24-17(2,3)4)20-15(22)9-8-14-11-19-21(5)12-14/h11-13H,6-10H2,1-5H3,(H,18,23)(H,20,22)/t13-/m0/s1. The van der Waals surface area contributed by atoms with E-state index in [0.717, 1.165) is 18.4 Å². The van der Waals surface area contributed by atoms with Crippen molar-refractivity contribution in [3.63, 3.8) is 0 Å². The van der Waals surface area contributed by atoms with E-state index in [1.165, 1.54) is 0 Å². The first kappa shape index (κ1) is 20.0. The predicted octanol–water partition coefficient (Wildman–Crippen LogP) is 2.16. The molecule has 0 unspecified atom stereocenters. The van der Waals surface area contributed by atoms with Gasteiger partial charge in [-0.1, -0.05) is 0 Å². The van der Waals surface area contributed by atoms with Crippen molar-refractivity contribution in [1.82, 2.24) is 20.4 Å². The van der Waals surface area contributed by atoms with Crippen LogP contribution >= 0.6 is 0 Å². The Morgan fingerprint density at radius 1 is 1.38 bits per heavy atom. The fourth-order valence-electron chi connectivity index (χ4n) is 2.19. The van der Waals surface area contributed by atoms with Crippen LogP contribution in [0.1, 0.15) is 52.5 Å². The van der Waals surface area contributed by atoms with Crippen LogP contribution in [-0.2, 0) is 23.0 Å². The fraction of sp³-hybridized carbons (Fsp3) is 0.706. The molecule has 1 atom stereocenters. The van der Waals surface area contributed by atoms with E-state index in [9.17, 15) is 9.59 Å². The largest absolute Gasteiger partial charge is 0.444 e. The molecule has 7 heteroatoms. The molecule has 0 bridgehead atoms. The zero-order chi connectivity index (χ0) is 18.2. The van der Waals surface area contributed by atoms with Gasteiger partial charge in [-0.25, -0.2) is 4.79 Å². The molecule has 2 N–H and O–H groups in total. The van der Waals surface area contributed by atoms with Gasteiger partial charge in [0.05, 0.1) is 6.20 Å². The second kappa shape index (κ2) is 9.30. The highest BCUT2D eigenvalue weighted by Crippen LogP contribution is 2.06. The molecule has 24 heavy (non-hydrogen) atoms. The normalized spacial score (nSPS) is 12.5. The summed E-state index contributed by atoms with van der Waals surface area (Å²) in [5.74, 6) is 0.0338. The van der Waals surface area contributed by atoms with Gasteiger partial charge in [-0.2, -0.15) is 5.10 Å². The Hall–Kier alpha value is -2.05. The molecule has 0 saturated heterocycles. The molecule has 0 fully saturated rings. The van der Waals surface area contributed by atoms with Crippen LogP contribution in [0.2, 0.25) is 0 Å². The van der Waals surface area contributed by atoms with Crippen molar-refractivity contribution >= 4 is 12.0 Å². The van der Waals surface area contributed by atoms with Crippen molar-refractivity contribution in [2.75, 3.05) is 6.54 Å². The lowest BCUT2D eigenvalue weighted by atomic mass is 10.1. The van der Waals surface area contributed by atoms with Gasteiger partial charge in [-0.15, -0.1) is 0 Å². The zero-order valence-corrected chi connectivity index (χ0v) is 15.4. The molecule has 1 rings (SSSR count). The highest BCUT2D eigenvalue weighted by Gasteiger charge is 2.15. The second-order valence-corrected chi connectivity index (χ2v) is 7.06.